The van der Waals surface area contributed by atoms with E-state index >= 15 is 0 Å². The molecule has 0 amide bonds. The predicted octanol–water partition coefficient (Wildman–Crippen LogP) is 3.71. The van der Waals surface area contributed by atoms with Crippen molar-refractivity contribution in [2.75, 3.05) is 6.61 Å². The minimum Gasteiger partial charge on any atom is -0.474 e. The molecule has 0 fully saturated rings. The van der Waals surface area contributed by atoms with Crippen LogP contribution in [0.25, 0.3) is 0 Å². The molecule has 0 bridgehead atoms. The van der Waals surface area contributed by atoms with E-state index in [9.17, 15) is 0 Å². The molecule has 0 aliphatic carbocycles. The Morgan fingerprint density at radius 1 is 1.24 bits per heavy atom. The van der Waals surface area contributed by atoms with Crippen LogP contribution in [0.4, 0.5) is 0 Å². The van der Waals surface area contributed by atoms with Gasteiger partial charge in [-0.05, 0) is 51.0 Å². The van der Waals surface area contributed by atoms with Crippen LogP contribution in [0, 0.1) is 13.8 Å². The lowest BCUT2D eigenvalue weighted by atomic mass is 10.1. The monoisotopic (exact) mass is 282 g/mol. The fourth-order valence-corrected chi connectivity index (χ4v) is 2.62. The Balaban J connectivity index is 1.92. The van der Waals surface area contributed by atoms with E-state index in [2.05, 4.69) is 73.8 Å². The van der Waals surface area contributed by atoms with Gasteiger partial charge in [0.15, 0.2) is 0 Å². The Morgan fingerprint density at radius 3 is 2.76 bits per heavy atom. The second-order valence-corrected chi connectivity index (χ2v) is 6.47. The van der Waals surface area contributed by atoms with Gasteiger partial charge in [-0.3, -0.25) is 0 Å². The number of aromatic nitrogens is 1. The maximum atomic E-state index is 5.77. The lowest BCUT2D eigenvalue weighted by Gasteiger charge is -2.12. The minimum atomic E-state index is -0.121. The summed E-state index contributed by atoms with van der Waals surface area (Å²) in [5.41, 5.74) is 4.88. The number of hydrogen-bond acceptors (Lipinski definition) is 2. The predicted molar refractivity (Wildman–Crippen MR) is 86.0 cm³/mol. The van der Waals surface area contributed by atoms with Gasteiger partial charge < -0.3 is 9.30 Å². The van der Waals surface area contributed by atoms with E-state index in [4.69, 9.17) is 4.74 Å². The quantitative estimate of drug-likeness (QED) is 0.843. The van der Waals surface area contributed by atoms with Crippen LogP contribution in [0.5, 0.6) is 0 Å². The van der Waals surface area contributed by atoms with Gasteiger partial charge in [-0.25, -0.2) is 4.99 Å². The van der Waals surface area contributed by atoms with Gasteiger partial charge in [0.2, 0.25) is 5.90 Å². The summed E-state index contributed by atoms with van der Waals surface area (Å²) in [7, 11) is 0. The zero-order valence-electron chi connectivity index (χ0n) is 13.2. The zero-order chi connectivity index (χ0) is 15.0. The molecular formula is C18H22N2O. The van der Waals surface area contributed by atoms with Crippen molar-refractivity contribution in [1.29, 1.82) is 0 Å². The fourth-order valence-electron chi connectivity index (χ4n) is 2.62. The minimum absolute atomic E-state index is 0.121. The molecule has 2 heterocycles. The molecule has 0 saturated carbocycles. The van der Waals surface area contributed by atoms with Crippen LogP contribution < -0.4 is 0 Å². The van der Waals surface area contributed by atoms with E-state index in [0.29, 0.717) is 6.61 Å². The van der Waals surface area contributed by atoms with Crippen molar-refractivity contribution < 1.29 is 4.74 Å². The van der Waals surface area contributed by atoms with Gasteiger partial charge in [-0.1, -0.05) is 23.8 Å². The van der Waals surface area contributed by atoms with Gasteiger partial charge in [0.1, 0.15) is 12.3 Å². The zero-order valence-corrected chi connectivity index (χ0v) is 13.2. The first-order chi connectivity index (χ1) is 9.94. The number of nitrogens with zero attached hydrogens (tertiary/aromatic N) is 2. The third-order valence-corrected chi connectivity index (χ3v) is 3.86. The second-order valence-electron chi connectivity index (χ2n) is 6.47. The molecule has 0 atom stereocenters. The Labute approximate surface area is 126 Å². The molecule has 2 aromatic rings. The first-order valence-electron chi connectivity index (χ1n) is 7.39. The molecule has 1 aliphatic heterocycles. The van der Waals surface area contributed by atoms with Gasteiger partial charge in [0, 0.05) is 12.7 Å². The summed E-state index contributed by atoms with van der Waals surface area (Å²) >= 11 is 0. The second kappa shape index (κ2) is 5.06. The topological polar surface area (TPSA) is 26.5 Å². The highest BCUT2D eigenvalue weighted by atomic mass is 16.5. The Bertz CT molecular complexity index is 695. The van der Waals surface area contributed by atoms with E-state index in [-0.39, 0.29) is 5.54 Å². The number of hydrogen-bond donors (Lipinski definition) is 0. The average Bonchev–Trinajstić information content (AvgIpc) is 3.00. The molecule has 1 aromatic heterocycles. The SMILES string of the molecule is Cc1ccc(C)c(Cn2cccc2C2=NC(C)(C)CO2)c1. The van der Waals surface area contributed by atoms with Gasteiger partial charge in [-0.2, -0.15) is 0 Å². The molecule has 3 heteroatoms. The molecule has 0 radical (unpaired) electrons. The molecule has 0 N–H and O–H groups in total. The van der Waals surface area contributed by atoms with Crippen LogP contribution in [0.2, 0.25) is 0 Å². The summed E-state index contributed by atoms with van der Waals surface area (Å²) in [6, 6.07) is 10.7. The highest BCUT2D eigenvalue weighted by Gasteiger charge is 2.28. The summed E-state index contributed by atoms with van der Waals surface area (Å²) in [6.07, 6.45) is 2.09. The molecule has 3 nitrogen and oxygen atoms in total. The van der Waals surface area contributed by atoms with Crippen molar-refractivity contribution in [2.24, 2.45) is 4.99 Å². The van der Waals surface area contributed by atoms with Crippen LogP contribution in [0.15, 0.2) is 41.5 Å². The van der Waals surface area contributed by atoms with Crippen molar-refractivity contribution in [3.8, 4) is 0 Å². The first-order valence-corrected chi connectivity index (χ1v) is 7.39. The van der Waals surface area contributed by atoms with E-state index < -0.39 is 0 Å². The van der Waals surface area contributed by atoms with Gasteiger partial charge >= 0.3 is 0 Å². The van der Waals surface area contributed by atoms with Crippen molar-refractivity contribution in [1.82, 2.24) is 4.57 Å². The van der Waals surface area contributed by atoms with Gasteiger partial charge in [0.05, 0.1) is 5.54 Å². The summed E-state index contributed by atoms with van der Waals surface area (Å²) < 4.78 is 7.98. The first kappa shape index (κ1) is 13.9. The molecule has 0 saturated heterocycles. The molecule has 0 spiro atoms. The third-order valence-electron chi connectivity index (χ3n) is 3.86. The summed E-state index contributed by atoms with van der Waals surface area (Å²) in [5, 5.41) is 0. The Hall–Kier alpha value is -2.03. The molecule has 0 unspecified atom stereocenters. The van der Waals surface area contributed by atoms with Crippen LogP contribution in [-0.2, 0) is 11.3 Å². The summed E-state index contributed by atoms with van der Waals surface area (Å²) in [6.45, 7) is 9.97. The van der Waals surface area contributed by atoms with Crippen LogP contribution in [0.1, 0.15) is 36.2 Å². The number of aliphatic imine (C=N–C) groups is 1. The number of aryl methyl sites for hydroxylation is 2. The smallest absolute Gasteiger partial charge is 0.234 e. The normalized spacial score (nSPS) is 16.7. The molecule has 3 rings (SSSR count). The average molecular weight is 282 g/mol. The van der Waals surface area contributed by atoms with Crippen LogP contribution >= 0.6 is 0 Å². The largest absolute Gasteiger partial charge is 0.474 e. The third kappa shape index (κ3) is 2.87. The Kier molecular flexibility index (Phi) is 3.36. The number of ether oxygens (including phenoxy) is 1. The van der Waals surface area contributed by atoms with E-state index in [1.54, 1.807) is 0 Å². The van der Waals surface area contributed by atoms with Crippen molar-refractivity contribution in [3.63, 3.8) is 0 Å². The lowest BCUT2D eigenvalue weighted by Crippen LogP contribution is -2.17. The standard InChI is InChI=1S/C18H22N2O/c1-13-7-8-14(2)15(10-13)11-20-9-5-6-16(20)17-19-18(3,4)12-21-17/h5-10H,11-12H2,1-4H3. The maximum Gasteiger partial charge on any atom is 0.234 e. The van der Waals surface area contributed by atoms with Crippen LogP contribution in [0.3, 0.4) is 0 Å². The maximum absolute atomic E-state index is 5.77. The molecular weight excluding hydrogens is 260 g/mol. The van der Waals surface area contributed by atoms with E-state index in [0.717, 1.165) is 18.1 Å². The van der Waals surface area contributed by atoms with Crippen molar-refractivity contribution in [2.45, 2.75) is 39.8 Å². The summed E-state index contributed by atoms with van der Waals surface area (Å²) in [5.74, 6) is 0.760. The highest BCUT2D eigenvalue weighted by Crippen LogP contribution is 2.22. The van der Waals surface area contributed by atoms with Gasteiger partial charge in [-0.15, -0.1) is 0 Å². The van der Waals surface area contributed by atoms with Crippen molar-refractivity contribution in [3.05, 3.63) is 58.9 Å². The highest BCUT2D eigenvalue weighted by molar-refractivity contribution is 5.94. The lowest BCUT2D eigenvalue weighted by molar-refractivity contribution is 0.278. The molecule has 21 heavy (non-hydrogen) atoms. The fraction of sp³-hybridized carbons (Fsp3) is 0.389. The van der Waals surface area contributed by atoms with Gasteiger partial charge in [0.25, 0.3) is 0 Å². The number of rotatable bonds is 3. The van der Waals surface area contributed by atoms with E-state index in [1.807, 2.05) is 0 Å². The van der Waals surface area contributed by atoms with Crippen LogP contribution in [-0.4, -0.2) is 22.6 Å². The summed E-state index contributed by atoms with van der Waals surface area (Å²) in [4.78, 5) is 4.68. The number of benzene rings is 1. The molecule has 1 aliphatic rings. The molecule has 1 aromatic carbocycles. The molecule has 110 valence electrons. The van der Waals surface area contributed by atoms with E-state index in [1.165, 1.54) is 16.7 Å². The Morgan fingerprint density at radius 2 is 2.05 bits per heavy atom. The van der Waals surface area contributed by atoms with Crippen molar-refractivity contribution >= 4 is 5.90 Å².